The van der Waals surface area contributed by atoms with Gasteiger partial charge in [0.05, 0.1) is 22.9 Å². The van der Waals surface area contributed by atoms with Crippen LogP contribution in [0.25, 0.3) is 0 Å². The van der Waals surface area contributed by atoms with Gasteiger partial charge in [0.2, 0.25) is 0 Å². The highest BCUT2D eigenvalue weighted by Gasteiger charge is 2.07. The van der Waals surface area contributed by atoms with E-state index in [1.807, 2.05) is 31.2 Å². The molecule has 0 amide bonds. The van der Waals surface area contributed by atoms with Crippen molar-refractivity contribution in [1.29, 1.82) is 0 Å². The van der Waals surface area contributed by atoms with Gasteiger partial charge < -0.3 is 14.8 Å². The largest absolute Gasteiger partial charge is 0.490 e. The molecule has 0 aliphatic heterocycles. The molecule has 0 aliphatic carbocycles. The predicted octanol–water partition coefficient (Wildman–Crippen LogP) is 4.40. The molecule has 0 bridgehead atoms. The Morgan fingerprint density at radius 3 is 2.62 bits per heavy atom. The van der Waals surface area contributed by atoms with Crippen LogP contribution in [0.3, 0.4) is 0 Å². The Morgan fingerprint density at radius 2 is 1.92 bits per heavy atom. The van der Waals surface area contributed by atoms with Crippen LogP contribution in [0.5, 0.6) is 11.5 Å². The topological polar surface area (TPSA) is 54.9 Å². The van der Waals surface area contributed by atoms with Crippen molar-refractivity contribution in [3.8, 4) is 11.5 Å². The number of hydrazone groups is 1. The molecule has 2 rings (SSSR count). The van der Waals surface area contributed by atoms with E-state index in [0.717, 1.165) is 11.1 Å². The van der Waals surface area contributed by atoms with Crippen LogP contribution in [0, 0.1) is 0 Å². The summed E-state index contributed by atoms with van der Waals surface area (Å²) in [4.78, 5) is 0. The summed E-state index contributed by atoms with van der Waals surface area (Å²) in [6.45, 7) is 2.78. The normalized spacial score (nSPS) is 10.6. The van der Waals surface area contributed by atoms with E-state index in [0.29, 0.717) is 39.9 Å². The van der Waals surface area contributed by atoms with E-state index in [4.69, 9.17) is 44.9 Å². The first kappa shape index (κ1) is 20.3. The Balaban J connectivity index is 2.09. The van der Waals surface area contributed by atoms with Gasteiger partial charge in [0.15, 0.2) is 16.6 Å². The lowest BCUT2D eigenvalue weighted by molar-refractivity contribution is 0.269. The van der Waals surface area contributed by atoms with Crippen LogP contribution < -0.4 is 20.2 Å². The van der Waals surface area contributed by atoms with Gasteiger partial charge in [0.25, 0.3) is 0 Å². The lowest BCUT2D eigenvalue weighted by Crippen LogP contribution is -2.28. The molecule has 0 saturated heterocycles. The highest BCUT2D eigenvalue weighted by Crippen LogP contribution is 2.29. The smallest absolute Gasteiger partial charge is 0.186 e. The number of nitrogens with one attached hydrogen (secondary N) is 2. The fourth-order valence-electron chi connectivity index (χ4n) is 2.00. The fourth-order valence-corrected chi connectivity index (χ4v) is 2.38. The van der Waals surface area contributed by atoms with E-state index in [9.17, 15) is 0 Å². The molecule has 0 aromatic heterocycles. The first-order chi connectivity index (χ1) is 12.5. The summed E-state index contributed by atoms with van der Waals surface area (Å²) in [5, 5.41) is 8.28. The number of benzene rings is 2. The average molecular weight is 412 g/mol. The van der Waals surface area contributed by atoms with Crippen molar-refractivity contribution in [2.75, 3.05) is 13.7 Å². The minimum Gasteiger partial charge on any atom is -0.490 e. The highest BCUT2D eigenvalue weighted by molar-refractivity contribution is 7.80. The van der Waals surface area contributed by atoms with Crippen LogP contribution in [0.2, 0.25) is 10.0 Å². The number of thiocarbonyl (C=S) groups is 1. The van der Waals surface area contributed by atoms with Gasteiger partial charge in [-0.25, -0.2) is 0 Å². The molecule has 0 spiro atoms. The molecule has 0 saturated carbocycles. The molecule has 0 radical (unpaired) electrons. The van der Waals surface area contributed by atoms with Crippen molar-refractivity contribution < 1.29 is 9.47 Å². The van der Waals surface area contributed by atoms with E-state index < -0.39 is 0 Å². The summed E-state index contributed by atoms with van der Waals surface area (Å²) in [5.41, 5.74) is 4.46. The summed E-state index contributed by atoms with van der Waals surface area (Å²) >= 11 is 16.9. The molecule has 0 aliphatic rings. The first-order valence-electron chi connectivity index (χ1n) is 7.87. The van der Waals surface area contributed by atoms with Gasteiger partial charge in [-0.1, -0.05) is 29.3 Å². The minimum absolute atomic E-state index is 0.350. The Bertz CT molecular complexity index is 800. The van der Waals surface area contributed by atoms with Gasteiger partial charge >= 0.3 is 0 Å². The monoisotopic (exact) mass is 411 g/mol. The average Bonchev–Trinajstić information content (AvgIpc) is 2.64. The third-order valence-corrected chi connectivity index (χ3v) is 4.29. The quantitative estimate of drug-likeness (QED) is 0.401. The van der Waals surface area contributed by atoms with E-state index in [1.54, 1.807) is 25.4 Å². The number of nitrogens with zero attached hydrogens (tertiary/aromatic N) is 1. The maximum atomic E-state index is 6.03. The van der Waals surface area contributed by atoms with Gasteiger partial charge in [-0.3, -0.25) is 5.43 Å². The summed E-state index contributed by atoms with van der Waals surface area (Å²) in [7, 11) is 1.72. The molecule has 0 fully saturated rings. The van der Waals surface area contributed by atoms with Crippen molar-refractivity contribution in [2.24, 2.45) is 5.10 Å². The Kier molecular flexibility index (Phi) is 7.97. The zero-order valence-electron chi connectivity index (χ0n) is 14.4. The second kappa shape index (κ2) is 10.2. The molecule has 2 aromatic rings. The second-order valence-electron chi connectivity index (χ2n) is 5.13. The highest BCUT2D eigenvalue weighted by atomic mass is 35.5. The molecule has 5 nitrogen and oxygen atoms in total. The summed E-state index contributed by atoms with van der Waals surface area (Å²) in [6, 6.07) is 10.9. The molecule has 0 unspecified atom stereocenters. The molecule has 0 atom stereocenters. The number of ether oxygens (including phenoxy) is 2. The number of hydrogen-bond acceptors (Lipinski definition) is 4. The molecular formula is C18H19Cl2N3O2S. The van der Waals surface area contributed by atoms with E-state index in [2.05, 4.69) is 15.8 Å². The van der Waals surface area contributed by atoms with Crippen LogP contribution >= 0.6 is 35.4 Å². The van der Waals surface area contributed by atoms with Gasteiger partial charge in [-0.05, 0) is 60.6 Å². The molecule has 26 heavy (non-hydrogen) atoms. The van der Waals surface area contributed by atoms with Gasteiger partial charge in [-0.2, -0.15) is 5.10 Å². The number of rotatable bonds is 7. The second-order valence-corrected chi connectivity index (χ2v) is 6.35. The molecule has 0 heterocycles. The first-order valence-corrected chi connectivity index (χ1v) is 9.04. The van der Waals surface area contributed by atoms with Crippen LogP contribution in [0.1, 0.15) is 18.1 Å². The van der Waals surface area contributed by atoms with E-state index >= 15 is 0 Å². The third kappa shape index (κ3) is 6.05. The van der Waals surface area contributed by atoms with Crippen molar-refractivity contribution in [2.45, 2.75) is 13.5 Å². The van der Waals surface area contributed by atoms with Crippen LogP contribution in [-0.2, 0) is 6.61 Å². The molecule has 138 valence electrons. The zero-order chi connectivity index (χ0) is 18.9. The lowest BCUT2D eigenvalue weighted by Gasteiger charge is -2.13. The van der Waals surface area contributed by atoms with E-state index in [-0.39, 0.29) is 0 Å². The van der Waals surface area contributed by atoms with Crippen molar-refractivity contribution in [3.63, 3.8) is 0 Å². The maximum Gasteiger partial charge on any atom is 0.186 e. The summed E-state index contributed by atoms with van der Waals surface area (Å²) in [6.07, 6.45) is 1.65. The lowest BCUT2D eigenvalue weighted by atomic mass is 10.2. The van der Waals surface area contributed by atoms with Crippen LogP contribution in [0.15, 0.2) is 41.5 Å². The van der Waals surface area contributed by atoms with Crippen LogP contribution in [0.4, 0.5) is 0 Å². The van der Waals surface area contributed by atoms with Crippen molar-refractivity contribution in [1.82, 2.24) is 10.7 Å². The third-order valence-electron chi connectivity index (χ3n) is 3.25. The zero-order valence-corrected chi connectivity index (χ0v) is 16.7. The summed E-state index contributed by atoms with van der Waals surface area (Å²) < 4.78 is 11.5. The summed E-state index contributed by atoms with van der Waals surface area (Å²) in [5.74, 6) is 1.27. The van der Waals surface area contributed by atoms with Crippen molar-refractivity contribution in [3.05, 3.63) is 57.6 Å². The standard InChI is InChI=1S/C18H19Cl2N3O2S/c1-3-24-17-9-12(10-22-23-18(26)21-2)5-7-16(17)25-11-13-4-6-14(19)15(20)8-13/h4-10H,3,11H2,1-2H3,(H2,21,23,26)/b22-10+. The van der Waals surface area contributed by atoms with Crippen LogP contribution in [-0.4, -0.2) is 25.0 Å². The van der Waals surface area contributed by atoms with Gasteiger partial charge in [0, 0.05) is 7.05 Å². The number of halogens is 2. The Morgan fingerprint density at radius 1 is 1.12 bits per heavy atom. The van der Waals surface area contributed by atoms with Crippen molar-refractivity contribution >= 4 is 46.7 Å². The van der Waals surface area contributed by atoms with E-state index in [1.165, 1.54) is 0 Å². The molecule has 8 heteroatoms. The van der Waals surface area contributed by atoms with Gasteiger partial charge in [0.1, 0.15) is 6.61 Å². The van der Waals surface area contributed by atoms with Gasteiger partial charge in [-0.15, -0.1) is 0 Å². The fraction of sp³-hybridized carbons (Fsp3) is 0.222. The SMILES string of the molecule is CCOc1cc(/C=N/NC(=S)NC)ccc1OCc1ccc(Cl)c(Cl)c1. The molecule has 2 N–H and O–H groups in total. The molecule has 2 aromatic carbocycles. The Labute approximate surface area is 168 Å². The number of hydrogen-bond donors (Lipinski definition) is 2. The predicted molar refractivity (Wildman–Crippen MR) is 111 cm³/mol. The molecular weight excluding hydrogens is 393 g/mol. The Hall–Kier alpha value is -2.02. The maximum absolute atomic E-state index is 6.03. The minimum atomic E-state index is 0.350.